The van der Waals surface area contributed by atoms with Crippen LogP contribution in [-0.4, -0.2) is 65.7 Å². The number of nitrogens with zero attached hydrogens (tertiary/aromatic N) is 2. The molecule has 37 heavy (non-hydrogen) atoms. The standard InChI is InChI=1S/C29H34N4O4/c1-29(2,30)37-28(36)32(3)25(19-21-13-14-22-11-7-8-12-23(22)17-21)27(35)33-16-15-31-26(34)24(33)18-20-9-5-4-6-10-20/h4-14,17,24-25H,15-16,18-19,30H2,1-3H3,(H,31,34)/t24-,25-/m1/s1. The molecule has 8 nitrogen and oxygen atoms in total. The summed E-state index contributed by atoms with van der Waals surface area (Å²) in [6.07, 6.45) is -0.0608. The zero-order chi connectivity index (χ0) is 26.6. The van der Waals surface area contributed by atoms with Gasteiger partial charge in [-0.1, -0.05) is 72.8 Å². The molecule has 0 spiro atoms. The number of nitrogens with one attached hydrogen (secondary N) is 1. The molecule has 0 unspecified atom stereocenters. The molecule has 1 aliphatic heterocycles. The van der Waals surface area contributed by atoms with Gasteiger partial charge in [0.05, 0.1) is 0 Å². The maximum Gasteiger partial charge on any atom is 0.411 e. The van der Waals surface area contributed by atoms with Crippen LogP contribution in [0.1, 0.15) is 25.0 Å². The van der Waals surface area contributed by atoms with E-state index in [1.807, 2.05) is 72.8 Å². The maximum atomic E-state index is 14.1. The summed E-state index contributed by atoms with van der Waals surface area (Å²) in [5, 5.41) is 5.00. The summed E-state index contributed by atoms with van der Waals surface area (Å²) in [6, 6.07) is 22.0. The number of hydrogen-bond acceptors (Lipinski definition) is 5. The van der Waals surface area contributed by atoms with E-state index in [0.29, 0.717) is 19.5 Å². The van der Waals surface area contributed by atoms with Crippen molar-refractivity contribution in [1.82, 2.24) is 15.1 Å². The van der Waals surface area contributed by atoms with Crippen LogP contribution < -0.4 is 11.1 Å². The third-order valence-electron chi connectivity index (χ3n) is 6.52. The van der Waals surface area contributed by atoms with Crippen molar-refractivity contribution in [3.8, 4) is 0 Å². The molecule has 1 heterocycles. The second-order valence-electron chi connectivity index (χ2n) is 10.0. The Kier molecular flexibility index (Phi) is 7.78. The molecule has 194 valence electrons. The van der Waals surface area contributed by atoms with Gasteiger partial charge in [-0.2, -0.15) is 0 Å². The summed E-state index contributed by atoms with van der Waals surface area (Å²) in [5.41, 5.74) is 6.55. The fourth-order valence-corrected chi connectivity index (χ4v) is 4.61. The molecule has 1 saturated heterocycles. The molecule has 1 fully saturated rings. The van der Waals surface area contributed by atoms with Gasteiger partial charge in [0, 0.05) is 33.0 Å². The molecule has 3 aromatic carbocycles. The van der Waals surface area contributed by atoms with Crippen LogP contribution in [0.25, 0.3) is 10.8 Å². The zero-order valence-electron chi connectivity index (χ0n) is 21.5. The number of benzene rings is 3. The van der Waals surface area contributed by atoms with Crippen molar-refractivity contribution < 1.29 is 19.1 Å². The highest BCUT2D eigenvalue weighted by molar-refractivity contribution is 5.93. The maximum absolute atomic E-state index is 14.1. The van der Waals surface area contributed by atoms with Crippen molar-refractivity contribution in [2.45, 2.75) is 44.5 Å². The van der Waals surface area contributed by atoms with Gasteiger partial charge in [-0.05, 0) is 35.7 Å². The van der Waals surface area contributed by atoms with E-state index in [4.69, 9.17) is 10.5 Å². The number of hydrogen-bond donors (Lipinski definition) is 2. The summed E-state index contributed by atoms with van der Waals surface area (Å²) in [7, 11) is 1.54. The zero-order valence-corrected chi connectivity index (χ0v) is 21.5. The molecule has 2 atom stereocenters. The third-order valence-corrected chi connectivity index (χ3v) is 6.52. The van der Waals surface area contributed by atoms with Crippen molar-refractivity contribution in [3.05, 3.63) is 83.9 Å². The highest BCUT2D eigenvalue weighted by Gasteiger charge is 2.39. The molecule has 3 N–H and O–H groups in total. The average molecular weight is 503 g/mol. The first-order chi connectivity index (χ1) is 17.6. The van der Waals surface area contributed by atoms with Crippen LogP contribution in [0.3, 0.4) is 0 Å². The van der Waals surface area contributed by atoms with Crippen LogP contribution in [0.4, 0.5) is 4.79 Å². The number of fused-ring (bicyclic) bond motifs is 1. The molecule has 0 bridgehead atoms. The fraction of sp³-hybridized carbons (Fsp3) is 0.345. The van der Waals surface area contributed by atoms with E-state index in [9.17, 15) is 14.4 Å². The lowest BCUT2D eigenvalue weighted by atomic mass is 9.97. The number of likely N-dealkylation sites (N-methyl/N-ethyl adjacent to an activating group) is 1. The first-order valence-electron chi connectivity index (χ1n) is 12.5. The average Bonchev–Trinajstić information content (AvgIpc) is 2.87. The second kappa shape index (κ2) is 11.0. The molecule has 3 aromatic rings. The van der Waals surface area contributed by atoms with Crippen molar-refractivity contribution in [3.63, 3.8) is 0 Å². The minimum absolute atomic E-state index is 0.207. The van der Waals surface area contributed by atoms with Gasteiger partial charge < -0.3 is 15.0 Å². The van der Waals surface area contributed by atoms with E-state index in [-0.39, 0.29) is 18.2 Å². The second-order valence-corrected chi connectivity index (χ2v) is 10.0. The molecule has 3 amide bonds. The number of carbonyl (C=O) groups excluding carboxylic acids is 3. The molecular formula is C29H34N4O4. The number of carbonyl (C=O) groups is 3. The highest BCUT2D eigenvalue weighted by atomic mass is 16.6. The Morgan fingerprint density at radius 1 is 1.05 bits per heavy atom. The number of nitrogens with two attached hydrogens (primary N) is 1. The van der Waals surface area contributed by atoms with E-state index in [2.05, 4.69) is 5.32 Å². The Morgan fingerprint density at radius 2 is 1.73 bits per heavy atom. The van der Waals surface area contributed by atoms with Gasteiger partial charge in [0.25, 0.3) is 0 Å². The Hall–Kier alpha value is -3.91. The Labute approximate surface area is 217 Å². The van der Waals surface area contributed by atoms with E-state index in [1.165, 1.54) is 11.9 Å². The minimum atomic E-state index is -1.21. The van der Waals surface area contributed by atoms with E-state index >= 15 is 0 Å². The van der Waals surface area contributed by atoms with Crippen LogP contribution in [0.15, 0.2) is 72.8 Å². The van der Waals surface area contributed by atoms with Gasteiger partial charge in [0.2, 0.25) is 11.8 Å². The Balaban J connectivity index is 1.65. The smallest absolute Gasteiger partial charge is 0.411 e. The van der Waals surface area contributed by atoms with E-state index in [1.54, 1.807) is 18.7 Å². The molecule has 1 aliphatic rings. The van der Waals surface area contributed by atoms with Crippen LogP contribution in [0, 0.1) is 0 Å². The van der Waals surface area contributed by atoms with Gasteiger partial charge in [-0.3, -0.25) is 20.2 Å². The molecule has 0 aromatic heterocycles. The Bertz CT molecular complexity index is 1270. The third kappa shape index (κ3) is 6.46. The molecule has 4 rings (SSSR count). The Morgan fingerprint density at radius 3 is 2.43 bits per heavy atom. The molecule has 0 aliphatic carbocycles. The first-order valence-corrected chi connectivity index (χ1v) is 12.5. The van der Waals surface area contributed by atoms with E-state index in [0.717, 1.165) is 21.9 Å². The monoisotopic (exact) mass is 502 g/mol. The van der Waals surface area contributed by atoms with Gasteiger partial charge in [0.15, 0.2) is 5.72 Å². The van der Waals surface area contributed by atoms with Gasteiger partial charge in [-0.25, -0.2) is 4.79 Å². The molecule has 8 heteroatoms. The van der Waals surface area contributed by atoms with Crippen LogP contribution >= 0.6 is 0 Å². The summed E-state index contributed by atoms with van der Waals surface area (Å²) in [6.45, 7) is 3.84. The SMILES string of the molecule is CN(C(=O)OC(C)(C)N)[C@H](Cc1ccc2ccccc2c1)C(=O)N1CCNC(=O)[C@H]1Cc1ccccc1. The van der Waals surface area contributed by atoms with Crippen molar-refractivity contribution >= 4 is 28.7 Å². The lowest BCUT2D eigenvalue weighted by Gasteiger charge is -2.39. The largest absolute Gasteiger partial charge is 0.428 e. The van der Waals surface area contributed by atoms with Crippen LogP contribution in [0.2, 0.25) is 0 Å². The summed E-state index contributed by atoms with van der Waals surface area (Å²) in [5.74, 6) is -0.514. The van der Waals surface area contributed by atoms with Crippen molar-refractivity contribution in [2.75, 3.05) is 20.1 Å². The summed E-state index contributed by atoms with van der Waals surface area (Å²) in [4.78, 5) is 42.9. The van der Waals surface area contributed by atoms with Gasteiger partial charge >= 0.3 is 6.09 Å². The molecule has 0 saturated carbocycles. The number of rotatable bonds is 7. The normalized spacial score (nSPS) is 16.7. The van der Waals surface area contributed by atoms with Crippen LogP contribution in [-0.2, 0) is 27.2 Å². The summed E-state index contributed by atoms with van der Waals surface area (Å²) < 4.78 is 5.38. The van der Waals surface area contributed by atoms with Crippen molar-refractivity contribution in [2.24, 2.45) is 5.73 Å². The highest BCUT2D eigenvalue weighted by Crippen LogP contribution is 2.21. The predicted octanol–water partition coefficient (Wildman–Crippen LogP) is 3.08. The number of piperazine rings is 1. The lowest BCUT2D eigenvalue weighted by Crippen LogP contribution is -2.62. The number of ether oxygens (including phenoxy) is 1. The molecule has 0 radical (unpaired) electrons. The lowest BCUT2D eigenvalue weighted by molar-refractivity contribution is -0.146. The summed E-state index contributed by atoms with van der Waals surface area (Å²) >= 11 is 0. The van der Waals surface area contributed by atoms with E-state index < -0.39 is 23.9 Å². The van der Waals surface area contributed by atoms with Gasteiger partial charge in [0.1, 0.15) is 12.1 Å². The van der Waals surface area contributed by atoms with Crippen molar-refractivity contribution in [1.29, 1.82) is 0 Å². The quantitative estimate of drug-likeness (QED) is 0.483. The van der Waals surface area contributed by atoms with Gasteiger partial charge in [-0.15, -0.1) is 0 Å². The predicted molar refractivity (Wildman–Crippen MR) is 143 cm³/mol. The number of amides is 3. The first kappa shape index (κ1) is 26.2. The van der Waals surface area contributed by atoms with Crippen LogP contribution in [0.5, 0.6) is 0 Å². The minimum Gasteiger partial charge on any atom is -0.428 e. The topological polar surface area (TPSA) is 105 Å². The molecular weight excluding hydrogens is 468 g/mol. The fourth-order valence-electron chi connectivity index (χ4n) is 4.61.